The van der Waals surface area contributed by atoms with Crippen molar-refractivity contribution in [2.45, 2.75) is 23.9 Å². The standard InChI is InChI=1S/C12H19N3O6S/c1-9(7-16)13-6-10(8-17)14-22(20,21)12-4-2-11(3-5-12)15(18)19/h2-5,9-10,13-14,16-17H,6-8H2,1H3/t9-,10-/m0/s1. The van der Waals surface area contributed by atoms with Crippen LogP contribution in [0, 0.1) is 10.1 Å². The highest BCUT2D eigenvalue weighted by molar-refractivity contribution is 7.89. The van der Waals surface area contributed by atoms with Gasteiger partial charge in [-0.1, -0.05) is 0 Å². The van der Waals surface area contributed by atoms with Gasteiger partial charge in [0.15, 0.2) is 0 Å². The molecule has 0 fully saturated rings. The maximum absolute atomic E-state index is 12.1. The van der Waals surface area contributed by atoms with Crippen LogP contribution in [0.3, 0.4) is 0 Å². The van der Waals surface area contributed by atoms with Gasteiger partial charge in [0.25, 0.3) is 5.69 Å². The molecule has 4 N–H and O–H groups in total. The van der Waals surface area contributed by atoms with Crippen LogP contribution >= 0.6 is 0 Å². The lowest BCUT2D eigenvalue weighted by Gasteiger charge is -2.19. The van der Waals surface area contributed by atoms with E-state index in [0.29, 0.717) is 0 Å². The molecule has 0 aliphatic heterocycles. The molecule has 1 aromatic rings. The minimum absolute atomic E-state index is 0.118. The first-order chi connectivity index (χ1) is 10.3. The monoisotopic (exact) mass is 333 g/mol. The lowest BCUT2D eigenvalue weighted by molar-refractivity contribution is -0.384. The SMILES string of the molecule is C[C@@H](CO)NC[C@@H](CO)NS(=O)(=O)c1ccc([N+](=O)[O-])cc1. The van der Waals surface area contributed by atoms with Crippen LogP contribution in [-0.2, 0) is 10.0 Å². The summed E-state index contributed by atoms with van der Waals surface area (Å²) in [4.78, 5) is 9.79. The second-order valence-electron chi connectivity index (χ2n) is 4.74. The third-order valence-corrected chi connectivity index (χ3v) is 4.42. The first-order valence-corrected chi connectivity index (χ1v) is 8.00. The number of aliphatic hydroxyl groups is 2. The number of aliphatic hydroxyl groups excluding tert-OH is 2. The fraction of sp³-hybridized carbons (Fsp3) is 0.500. The highest BCUT2D eigenvalue weighted by atomic mass is 32.2. The average Bonchev–Trinajstić information content (AvgIpc) is 2.50. The predicted octanol–water partition coefficient (Wildman–Crippen LogP) is -0.796. The van der Waals surface area contributed by atoms with Crippen LogP contribution in [0.15, 0.2) is 29.2 Å². The number of sulfonamides is 1. The van der Waals surface area contributed by atoms with E-state index in [0.717, 1.165) is 24.3 Å². The Morgan fingerprint density at radius 3 is 2.27 bits per heavy atom. The number of nitro groups is 1. The van der Waals surface area contributed by atoms with Crippen molar-refractivity contribution in [3.8, 4) is 0 Å². The Labute approximate surface area is 128 Å². The Morgan fingerprint density at radius 1 is 1.23 bits per heavy atom. The summed E-state index contributed by atoms with van der Waals surface area (Å²) < 4.78 is 26.6. The molecule has 0 saturated heterocycles. The van der Waals surface area contributed by atoms with Gasteiger partial charge in [-0.2, -0.15) is 0 Å². The van der Waals surface area contributed by atoms with Crippen molar-refractivity contribution in [3.63, 3.8) is 0 Å². The summed E-state index contributed by atoms with van der Waals surface area (Å²) >= 11 is 0. The first-order valence-electron chi connectivity index (χ1n) is 6.52. The van der Waals surface area contributed by atoms with Gasteiger partial charge in [0, 0.05) is 24.7 Å². The Bertz CT molecular complexity index is 589. The van der Waals surface area contributed by atoms with Crippen molar-refractivity contribution >= 4 is 15.7 Å². The minimum atomic E-state index is -3.90. The van der Waals surface area contributed by atoms with E-state index in [2.05, 4.69) is 10.0 Å². The van der Waals surface area contributed by atoms with Gasteiger partial charge >= 0.3 is 0 Å². The van der Waals surface area contributed by atoms with Crippen molar-refractivity contribution in [2.75, 3.05) is 19.8 Å². The van der Waals surface area contributed by atoms with Gasteiger partial charge in [-0.3, -0.25) is 10.1 Å². The highest BCUT2D eigenvalue weighted by Crippen LogP contribution is 2.15. The van der Waals surface area contributed by atoms with Gasteiger partial charge in [0.05, 0.1) is 29.1 Å². The molecule has 2 atom stereocenters. The van der Waals surface area contributed by atoms with Crippen molar-refractivity contribution < 1.29 is 23.6 Å². The van der Waals surface area contributed by atoms with Crippen LogP contribution in [-0.4, -0.2) is 55.4 Å². The highest BCUT2D eigenvalue weighted by Gasteiger charge is 2.20. The molecule has 0 unspecified atom stereocenters. The Morgan fingerprint density at radius 2 is 1.82 bits per heavy atom. The van der Waals surface area contributed by atoms with Crippen molar-refractivity contribution in [2.24, 2.45) is 0 Å². The summed E-state index contributed by atoms with van der Waals surface area (Å²) in [6.07, 6.45) is 0. The molecular weight excluding hydrogens is 314 g/mol. The van der Waals surface area contributed by atoms with Gasteiger partial charge in [-0.25, -0.2) is 13.1 Å². The van der Waals surface area contributed by atoms with E-state index in [1.54, 1.807) is 6.92 Å². The number of benzene rings is 1. The fourth-order valence-corrected chi connectivity index (χ4v) is 2.81. The number of nitrogens with zero attached hydrogens (tertiary/aromatic N) is 1. The van der Waals surface area contributed by atoms with E-state index < -0.39 is 27.6 Å². The van der Waals surface area contributed by atoms with E-state index in [-0.39, 0.29) is 29.8 Å². The fourth-order valence-electron chi connectivity index (χ4n) is 1.59. The number of non-ortho nitro benzene ring substituents is 1. The van der Waals surface area contributed by atoms with Crippen LogP contribution in [0.5, 0.6) is 0 Å². The lowest BCUT2D eigenvalue weighted by atomic mass is 10.3. The summed E-state index contributed by atoms with van der Waals surface area (Å²) in [6.45, 7) is 1.29. The number of nitro benzene ring substituents is 1. The van der Waals surface area contributed by atoms with Crippen LogP contribution in [0.4, 0.5) is 5.69 Å². The average molecular weight is 333 g/mol. The summed E-state index contributed by atoms with van der Waals surface area (Å²) in [5.74, 6) is 0. The van der Waals surface area contributed by atoms with Crippen molar-refractivity contribution in [1.29, 1.82) is 0 Å². The molecule has 0 radical (unpaired) electrons. The molecule has 22 heavy (non-hydrogen) atoms. The van der Waals surface area contributed by atoms with Gasteiger partial charge in [0.1, 0.15) is 0 Å². The molecule has 0 amide bonds. The molecule has 124 valence electrons. The summed E-state index contributed by atoms with van der Waals surface area (Å²) in [7, 11) is -3.90. The predicted molar refractivity (Wildman–Crippen MR) is 78.8 cm³/mol. The lowest BCUT2D eigenvalue weighted by Crippen LogP contribution is -2.46. The Balaban J connectivity index is 2.77. The smallest absolute Gasteiger partial charge is 0.269 e. The maximum atomic E-state index is 12.1. The zero-order chi connectivity index (χ0) is 16.8. The van der Waals surface area contributed by atoms with E-state index >= 15 is 0 Å². The largest absolute Gasteiger partial charge is 0.395 e. The topological polar surface area (TPSA) is 142 Å². The third-order valence-electron chi connectivity index (χ3n) is 2.89. The zero-order valence-electron chi connectivity index (χ0n) is 12.0. The van der Waals surface area contributed by atoms with E-state index in [1.807, 2.05) is 0 Å². The number of hydrogen-bond donors (Lipinski definition) is 4. The molecule has 0 heterocycles. The molecule has 0 saturated carbocycles. The summed E-state index contributed by atoms with van der Waals surface area (Å²) in [6, 6.07) is 3.41. The van der Waals surface area contributed by atoms with E-state index in [1.165, 1.54) is 0 Å². The van der Waals surface area contributed by atoms with Gasteiger partial charge < -0.3 is 15.5 Å². The first kappa shape index (κ1) is 18.5. The molecule has 0 aromatic heterocycles. The molecular formula is C12H19N3O6S. The van der Waals surface area contributed by atoms with Gasteiger partial charge in [-0.15, -0.1) is 0 Å². The molecule has 0 aliphatic carbocycles. The molecule has 0 bridgehead atoms. The van der Waals surface area contributed by atoms with Crippen LogP contribution in [0.25, 0.3) is 0 Å². The molecule has 1 rings (SSSR count). The molecule has 0 aliphatic rings. The molecule has 10 heteroatoms. The summed E-state index contributed by atoms with van der Waals surface area (Å²) in [5.41, 5.74) is -0.212. The van der Waals surface area contributed by atoms with Crippen LogP contribution in [0.2, 0.25) is 0 Å². The molecule has 9 nitrogen and oxygen atoms in total. The quantitative estimate of drug-likeness (QED) is 0.342. The number of rotatable bonds is 9. The molecule has 0 spiro atoms. The van der Waals surface area contributed by atoms with E-state index in [9.17, 15) is 23.6 Å². The third kappa shape index (κ3) is 5.31. The zero-order valence-corrected chi connectivity index (χ0v) is 12.8. The minimum Gasteiger partial charge on any atom is -0.395 e. The second kappa shape index (κ2) is 8.15. The summed E-state index contributed by atoms with van der Waals surface area (Å²) in [5, 5.41) is 31.5. The van der Waals surface area contributed by atoms with Gasteiger partial charge in [-0.05, 0) is 19.1 Å². The van der Waals surface area contributed by atoms with Crippen molar-refractivity contribution in [3.05, 3.63) is 34.4 Å². The van der Waals surface area contributed by atoms with Crippen LogP contribution in [0.1, 0.15) is 6.92 Å². The second-order valence-corrected chi connectivity index (χ2v) is 6.46. The molecule has 1 aromatic carbocycles. The maximum Gasteiger partial charge on any atom is 0.269 e. The van der Waals surface area contributed by atoms with E-state index in [4.69, 9.17) is 5.11 Å². The Hall–Kier alpha value is -1.59. The number of nitrogens with one attached hydrogen (secondary N) is 2. The normalized spacial score (nSPS) is 14.5. The Kier molecular flexibility index (Phi) is 6.84. The van der Waals surface area contributed by atoms with Crippen molar-refractivity contribution in [1.82, 2.24) is 10.0 Å². The van der Waals surface area contributed by atoms with Crippen LogP contribution < -0.4 is 10.0 Å². The van der Waals surface area contributed by atoms with Gasteiger partial charge in [0.2, 0.25) is 10.0 Å². The number of hydrogen-bond acceptors (Lipinski definition) is 7.